The first-order valence-corrected chi connectivity index (χ1v) is 4.47. The Hall–Kier alpha value is -0.590. The minimum atomic E-state index is 0.297. The van der Waals surface area contributed by atoms with Crippen LogP contribution >= 0.6 is 0 Å². The smallest absolute Gasteiger partial charge is 0.0273 e. The molecule has 0 aromatic heterocycles. The van der Waals surface area contributed by atoms with E-state index in [0.29, 0.717) is 5.41 Å². The van der Waals surface area contributed by atoms with E-state index in [1.165, 1.54) is 11.1 Å². The van der Waals surface area contributed by atoms with Gasteiger partial charge in [0.1, 0.15) is 0 Å². The Morgan fingerprint density at radius 2 is 1.75 bits per heavy atom. The predicted octanol–water partition coefficient (Wildman–Crippen LogP) is 3.46. The summed E-state index contributed by atoms with van der Waals surface area (Å²) < 4.78 is 0. The number of hydrogen-bond acceptors (Lipinski definition) is 1. The van der Waals surface area contributed by atoms with Crippen LogP contribution in [-0.2, 0) is 0 Å². The molecule has 0 aliphatic rings. The molecule has 0 unspecified atom stereocenters. The molecule has 0 aliphatic carbocycles. The zero-order valence-corrected chi connectivity index (χ0v) is 9.23. The van der Waals surface area contributed by atoms with Gasteiger partial charge >= 0.3 is 0 Å². The highest BCUT2D eigenvalue weighted by Gasteiger charge is 2.14. The molecule has 0 atom stereocenters. The van der Waals surface area contributed by atoms with E-state index in [1.54, 1.807) is 0 Å². The van der Waals surface area contributed by atoms with E-state index in [2.05, 4.69) is 39.6 Å². The fourth-order valence-electron chi connectivity index (χ4n) is 1.02. The minimum Gasteiger partial charge on any atom is -0.301 e. The van der Waals surface area contributed by atoms with Crippen LogP contribution in [0.25, 0.3) is 0 Å². The second kappa shape index (κ2) is 4.44. The standard InChI is InChI=1S/C11H21N/c1-9(7-8-12-6)10(2)11(3,4)5/h8H,7H2,1-6H3/b10-9+,12-8-. The quantitative estimate of drug-likeness (QED) is 0.441. The molecule has 0 N–H and O–H groups in total. The van der Waals surface area contributed by atoms with Crippen molar-refractivity contribution in [3.05, 3.63) is 11.1 Å². The van der Waals surface area contributed by atoms with E-state index < -0.39 is 0 Å². The van der Waals surface area contributed by atoms with Crippen molar-refractivity contribution in [2.45, 2.75) is 41.0 Å². The largest absolute Gasteiger partial charge is 0.301 e. The molecule has 0 saturated carbocycles. The third kappa shape index (κ3) is 3.70. The van der Waals surface area contributed by atoms with Crippen LogP contribution in [0.1, 0.15) is 41.0 Å². The Bertz CT molecular complexity index is 192. The van der Waals surface area contributed by atoms with Crippen molar-refractivity contribution >= 4 is 6.21 Å². The number of nitrogens with zero attached hydrogens (tertiary/aromatic N) is 1. The Morgan fingerprint density at radius 1 is 1.25 bits per heavy atom. The van der Waals surface area contributed by atoms with Crippen LogP contribution in [0.5, 0.6) is 0 Å². The fraction of sp³-hybridized carbons (Fsp3) is 0.727. The first-order chi connectivity index (χ1) is 5.39. The Kier molecular flexibility index (Phi) is 4.22. The van der Waals surface area contributed by atoms with Crippen molar-refractivity contribution in [3.63, 3.8) is 0 Å². The number of hydrogen-bond donors (Lipinski definition) is 0. The maximum Gasteiger partial charge on any atom is 0.0273 e. The summed E-state index contributed by atoms with van der Waals surface area (Å²) in [6, 6.07) is 0. The van der Waals surface area contributed by atoms with Crippen LogP contribution in [0.15, 0.2) is 16.1 Å². The van der Waals surface area contributed by atoms with Crippen molar-refractivity contribution in [2.24, 2.45) is 10.4 Å². The molecule has 0 heterocycles. The molecule has 1 heteroatoms. The molecule has 0 fully saturated rings. The first kappa shape index (κ1) is 11.4. The lowest BCUT2D eigenvalue weighted by molar-refractivity contribution is 0.497. The third-order valence-corrected chi connectivity index (χ3v) is 2.35. The third-order valence-electron chi connectivity index (χ3n) is 2.35. The topological polar surface area (TPSA) is 12.4 Å². The molecule has 0 bridgehead atoms. The second-order valence-electron chi connectivity index (χ2n) is 4.30. The van der Waals surface area contributed by atoms with Gasteiger partial charge in [-0.1, -0.05) is 31.9 Å². The molecule has 12 heavy (non-hydrogen) atoms. The molecular weight excluding hydrogens is 146 g/mol. The molecular formula is C11H21N. The highest BCUT2D eigenvalue weighted by molar-refractivity contribution is 5.61. The summed E-state index contributed by atoms with van der Waals surface area (Å²) in [5, 5.41) is 0. The van der Waals surface area contributed by atoms with Gasteiger partial charge in [0.2, 0.25) is 0 Å². The molecule has 0 spiro atoms. The molecule has 0 amide bonds. The summed E-state index contributed by atoms with van der Waals surface area (Å²) in [5.41, 5.74) is 3.21. The van der Waals surface area contributed by atoms with Gasteiger partial charge in [-0.05, 0) is 19.3 Å². The van der Waals surface area contributed by atoms with Gasteiger partial charge in [0.25, 0.3) is 0 Å². The van der Waals surface area contributed by atoms with Gasteiger partial charge in [0.15, 0.2) is 0 Å². The van der Waals surface area contributed by atoms with Gasteiger partial charge < -0.3 is 4.99 Å². The van der Waals surface area contributed by atoms with Crippen molar-refractivity contribution in [3.8, 4) is 0 Å². The summed E-state index contributed by atoms with van der Waals surface area (Å²) >= 11 is 0. The van der Waals surface area contributed by atoms with E-state index in [9.17, 15) is 0 Å². The SMILES string of the molecule is C/N=C\C/C(C)=C(\C)C(C)(C)C. The van der Waals surface area contributed by atoms with Crippen LogP contribution in [0.2, 0.25) is 0 Å². The molecule has 0 aliphatic heterocycles. The lowest BCUT2D eigenvalue weighted by Gasteiger charge is -2.22. The normalized spacial score (nSPS) is 15.2. The predicted molar refractivity (Wildman–Crippen MR) is 56.9 cm³/mol. The molecule has 0 saturated heterocycles. The summed E-state index contributed by atoms with van der Waals surface area (Å²) in [5.74, 6) is 0. The van der Waals surface area contributed by atoms with E-state index in [1.807, 2.05) is 13.3 Å². The van der Waals surface area contributed by atoms with Crippen LogP contribution in [0.4, 0.5) is 0 Å². The van der Waals surface area contributed by atoms with Gasteiger partial charge in [-0.15, -0.1) is 0 Å². The zero-order valence-electron chi connectivity index (χ0n) is 9.23. The van der Waals surface area contributed by atoms with Crippen molar-refractivity contribution in [1.29, 1.82) is 0 Å². The van der Waals surface area contributed by atoms with E-state index in [0.717, 1.165) is 6.42 Å². The first-order valence-electron chi connectivity index (χ1n) is 4.47. The van der Waals surface area contributed by atoms with Gasteiger partial charge in [-0.2, -0.15) is 0 Å². The van der Waals surface area contributed by atoms with Crippen molar-refractivity contribution in [1.82, 2.24) is 0 Å². The molecule has 70 valence electrons. The average Bonchev–Trinajstić information content (AvgIpc) is 1.97. The molecule has 0 radical (unpaired) electrons. The van der Waals surface area contributed by atoms with Crippen molar-refractivity contribution in [2.75, 3.05) is 7.05 Å². The summed E-state index contributed by atoms with van der Waals surface area (Å²) in [6.45, 7) is 11.1. The van der Waals surface area contributed by atoms with Crippen LogP contribution in [-0.4, -0.2) is 13.3 Å². The average molecular weight is 167 g/mol. The molecule has 0 aromatic rings. The van der Waals surface area contributed by atoms with Crippen LogP contribution < -0.4 is 0 Å². The highest BCUT2D eigenvalue weighted by atomic mass is 14.6. The number of allylic oxidation sites excluding steroid dienone is 2. The van der Waals surface area contributed by atoms with E-state index >= 15 is 0 Å². The molecule has 0 aromatic carbocycles. The maximum atomic E-state index is 3.98. The monoisotopic (exact) mass is 167 g/mol. The second-order valence-corrected chi connectivity index (χ2v) is 4.30. The molecule has 0 rings (SSSR count). The lowest BCUT2D eigenvalue weighted by Crippen LogP contribution is -2.08. The van der Waals surface area contributed by atoms with Gasteiger partial charge in [0.05, 0.1) is 0 Å². The summed E-state index contributed by atoms with van der Waals surface area (Å²) in [4.78, 5) is 3.98. The lowest BCUT2D eigenvalue weighted by atomic mass is 9.84. The van der Waals surface area contributed by atoms with E-state index in [-0.39, 0.29) is 0 Å². The van der Waals surface area contributed by atoms with Gasteiger partial charge in [0, 0.05) is 19.7 Å². The Morgan fingerprint density at radius 3 is 2.08 bits per heavy atom. The Labute approximate surface area is 76.6 Å². The fourth-order valence-corrected chi connectivity index (χ4v) is 1.02. The number of rotatable bonds is 2. The van der Waals surface area contributed by atoms with Crippen LogP contribution in [0, 0.1) is 5.41 Å². The molecule has 1 nitrogen and oxygen atoms in total. The maximum absolute atomic E-state index is 3.98. The van der Waals surface area contributed by atoms with Crippen LogP contribution in [0.3, 0.4) is 0 Å². The summed E-state index contributed by atoms with van der Waals surface area (Å²) in [6.07, 6.45) is 2.95. The summed E-state index contributed by atoms with van der Waals surface area (Å²) in [7, 11) is 1.82. The van der Waals surface area contributed by atoms with Crippen molar-refractivity contribution < 1.29 is 0 Å². The van der Waals surface area contributed by atoms with Gasteiger partial charge in [-0.25, -0.2) is 0 Å². The number of aliphatic imine (C=N–C) groups is 1. The highest BCUT2D eigenvalue weighted by Crippen LogP contribution is 2.27. The minimum absolute atomic E-state index is 0.297. The Balaban J connectivity index is 4.47. The zero-order chi connectivity index (χ0) is 9.78. The van der Waals surface area contributed by atoms with E-state index in [4.69, 9.17) is 0 Å². The van der Waals surface area contributed by atoms with Gasteiger partial charge in [-0.3, -0.25) is 0 Å².